The number of carbonyl (C=O) groups is 1. The molecular weight excluding hydrogens is 398 g/mol. The molecule has 31 heavy (non-hydrogen) atoms. The van der Waals surface area contributed by atoms with Gasteiger partial charge in [0.25, 0.3) is 11.6 Å². The van der Waals surface area contributed by atoms with Crippen molar-refractivity contribution in [3.05, 3.63) is 63.7 Å². The largest absolute Gasteiger partial charge is 0.493 e. The predicted octanol–water partition coefficient (Wildman–Crippen LogP) is 3.39. The van der Waals surface area contributed by atoms with Crippen LogP contribution in [0.2, 0.25) is 0 Å². The summed E-state index contributed by atoms with van der Waals surface area (Å²) in [5.41, 5.74) is 1.08. The molecule has 0 spiro atoms. The van der Waals surface area contributed by atoms with Gasteiger partial charge >= 0.3 is 0 Å². The van der Waals surface area contributed by atoms with Crippen LogP contribution in [0.3, 0.4) is 0 Å². The number of hydrogen-bond acceptors (Lipinski definition) is 6. The van der Waals surface area contributed by atoms with Gasteiger partial charge in [0.15, 0.2) is 11.5 Å². The number of nitro groups is 1. The van der Waals surface area contributed by atoms with Gasteiger partial charge in [-0.25, -0.2) is 0 Å². The van der Waals surface area contributed by atoms with Crippen LogP contribution in [-0.4, -0.2) is 67.6 Å². The van der Waals surface area contributed by atoms with Crippen LogP contribution in [0.15, 0.2) is 42.5 Å². The molecule has 3 rings (SSSR count). The molecule has 1 saturated heterocycles. The third kappa shape index (κ3) is 5.73. The first-order valence-corrected chi connectivity index (χ1v) is 10.5. The molecule has 8 heteroatoms. The Morgan fingerprint density at radius 2 is 1.74 bits per heavy atom. The van der Waals surface area contributed by atoms with Crippen LogP contribution in [0.4, 0.5) is 5.69 Å². The minimum Gasteiger partial charge on any atom is -0.493 e. The first kappa shape index (κ1) is 22.6. The highest BCUT2D eigenvalue weighted by Gasteiger charge is 2.29. The first-order chi connectivity index (χ1) is 15.0. The van der Waals surface area contributed by atoms with E-state index in [-0.39, 0.29) is 22.9 Å². The number of ether oxygens (including phenoxy) is 2. The van der Waals surface area contributed by atoms with Gasteiger partial charge in [-0.2, -0.15) is 0 Å². The molecule has 0 radical (unpaired) electrons. The Bertz CT molecular complexity index is 904. The predicted molar refractivity (Wildman–Crippen MR) is 118 cm³/mol. The summed E-state index contributed by atoms with van der Waals surface area (Å²) in [5, 5.41) is 11.6. The lowest BCUT2D eigenvalue weighted by Gasteiger charge is -2.22. The van der Waals surface area contributed by atoms with Crippen LogP contribution in [0.1, 0.15) is 28.8 Å². The number of hydrogen-bond donors (Lipinski definition) is 0. The number of nitrogens with zero attached hydrogens (tertiary/aromatic N) is 3. The molecule has 0 atom stereocenters. The second-order valence-corrected chi connectivity index (χ2v) is 7.56. The van der Waals surface area contributed by atoms with Gasteiger partial charge in [0.2, 0.25) is 0 Å². The maximum absolute atomic E-state index is 13.2. The molecular formula is C23H29N3O5. The minimum absolute atomic E-state index is 0.0279. The van der Waals surface area contributed by atoms with Crippen molar-refractivity contribution in [3.8, 4) is 11.5 Å². The Kier molecular flexibility index (Phi) is 7.83. The molecule has 8 nitrogen and oxygen atoms in total. The van der Waals surface area contributed by atoms with Crippen LogP contribution in [0.5, 0.6) is 11.5 Å². The van der Waals surface area contributed by atoms with E-state index in [9.17, 15) is 14.9 Å². The summed E-state index contributed by atoms with van der Waals surface area (Å²) >= 11 is 0. The summed E-state index contributed by atoms with van der Waals surface area (Å²) in [5.74, 6) is 0.179. The lowest BCUT2D eigenvalue weighted by Crippen LogP contribution is -2.35. The highest BCUT2D eigenvalue weighted by molar-refractivity contribution is 5.99. The zero-order valence-electron chi connectivity index (χ0n) is 18.1. The quantitative estimate of drug-likeness (QED) is 0.474. The highest BCUT2D eigenvalue weighted by atomic mass is 16.6. The Balaban J connectivity index is 1.64. The van der Waals surface area contributed by atoms with E-state index in [0.29, 0.717) is 18.8 Å². The molecule has 2 aromatic rings. The Morgan fingerprint density at radius 3 is 2.42 bits per heavy atom. The third-order valence-corrected chi connectivity index (χ3v) is 5.59. The normalized spacial score (nSPS) is 14.7. The average Bonchev–Trinajstić information content (AvgIpc) is 3.04. The van der Waals surface area contributed by atoms with Crippen LogP contribution >= 0.6 is 0 Å². The molecule has 0 saturated carbocycles. The van der Waals surface area contributed by atoms with Gasteiger partial charge in [0.05, 0.1) is 25.2 Å². The van der Waals surface area contributed by atoms with E-state index in [4.69, 9.17) is 9.47 Å². The van der Waals surface area contributed by atoms with Crippen molar-refractivity contribution >= 4 is 11.6 Å². The van der Waals surface area contributed by atoms with Gasteiger partial charge in [0.1, 0.15) is 5.56 Å². The molecule has 0 unspecified atom stereocenters. The summed E-state index contributed by atoms with van der Waals surface area (Å²) in [6.45, 7) is 3.73. The van der Waals surface area contributed by atoms with E-state index in [2.05, 4.69) is 29.2 Å². The highest BCUT2D eigenvalue weighted by Crippen LogP contribution is 2.35. The number of aryl methyl sites for hydroxylation is 1. The van der Waals surface area contributed by atoms with E-state index >= 15 is 0 Å². The SMILES string of the molecule is COc1cc(C(=O)N2CCCN(CCCc3ccccc3)CC2)c([N+](=O)[O-])cc1OC. The topological polar surface area (TPSA) is 85.2 Å². The molecule has 2 aromatic carbocycles. The molecule has 0 aliphatic carbocycles. The van der Waals surface area contributed by atoms with Crippen molar-refractivity contribution < 1.29 is 19.2 Å². The van der Waals surface area contributed by atoms with Gasteiger partial charge in [-0.15, -0.1) is 0 Å². The standard InChI is InChI=1S/C23H29N3O5/c1-30-21-16-19(20(26(28)29)17-22(21)31-2)23(27)25-13-7-12-24(14-15-25)11-6-10-18-8-4-3-5-9-18/h3-5,8-9,16-17H,6-7,10-15H2,1-2H3. The first-order valence-electron chi connectivity index (χ1n) is 10.5. The van der Waals surface area contributed by atoms with Crippen molar-refractivity contribution in [1.82, 2.24) is 9.80 Å². The van der Waals surface area contributed by atoms with Crippen LogP contribution in [-0.2, 0) is 6.42 Å². The number of carbonyl (C=O) groups excluding carboxylic acids is 1. The monoisotopic (exact) mass is 427 g/mol. The van der Waals surface area contributed by atoms with Crippen LogP contribution < -0.4 is 9.47 Å². The fourth-order valence-corrected chi connectivity index (χ4v) is 3.91. The molecule has 1 aliphatic rings. The Hall–Kier alpha value is -3.13. The van der Waals surface area contributed by atoms with Crippen LogP contribution in [0, 0.1) is 10.1 Å². The van der Waals surface area contributed by atoms with Gasteiger partial charge < -0.3 is 19.3 Å². The minimum atomic E-state index is -0.553. The molecule has 166 valence electrons. The summed E-state index contributed by atoms with van der Waals surface area (Å²) in [6, 6.07) is 13.1. The van der Waals surface area contributed by atoms with E-state index in [1.807, 2.05) is 6.07 Å². The average molecular weight is 428 g/mol. The number of nitro benzene ring substituents is 1. The zero-order valence-corrected chi connectivity index (χ0v) is 18.1. The molecule has 1 amide bonds. The fourth-order valence-electron chi connectivity index (χ4n) is 3.91. The molecule has 1 aliphatic heterocycles. The summed E-state index contributed by atoms with van der Waals surface area (Å²) in [4.78, 5) is 28.2. The maximum atomic E-state index is 13.2. The Morgan fingerprint density at radius 1 is 1.03 bits per heavy atom. The number of benzene rings is 2. The van der Waals surface area contributed by atoms with Crippen molar-refractivity contribution in [2.75, 3.05) is 46.9 Å². The molecule has 0 bridgehead atoms. The number of amides is 1. The van der Waals surface area contributed by atoms with Crippen molar-refractivity contribution in [1.29, 1.82) is 0 Å². The second kappa shape index (κ2) is 10.8. The fraction of sp³-hybridized carbons (Fsp3) is 0.435. The van der Waals surface area contributed by atoms with E-state index in [0.717, 1.165) is 38.9 Å². The van der Waals surface area contributed by atoms with Gasteiger partial charge in [-0.3, -0.25) is 14.9 Å². The second-order valence-electron chi connectivity index (χ2n) is 7.56. The van der Waals surface area contributed by atoms with Crippen molar-refractivity contribution in [3.63, 3.8) is 0 Å². The van der Waals surface area contributed by atoms with Gasteiger partial charge in [0, 0.05) is 25.7 Å². The summed E-state index contributed by atoms with van der Waals surface area (Å²) in [6.07, 6.45) is 2.91. The Labute approximate surface area is 182 Å². The van der Waals surface area contributed by atoms with Crippen molar-refractivity contribution in [2.24, 2.45) is 0 Å². The van der Waals surface area contributed by atoms with Crippen molar-refractivity contribution in [2.45, 2.75) is 19.3 Å². The number of methoxy groups -OCH3 is 2. The summed E-state index contributed by atoms with van der Waals surface area (Å²) < 4.78 is 10.4. The van der Waals surface area contributed by atoms with E-state index in [1.165, 1.54) is 31.9 Å². The smallest absolute Gasteiger partial charge is 0.286 e. The lowest BCUT2D eigenvalue weighted by atomic mass is 10.1. The van der Waals surface area contributed by atoms with E-state index < -0.39 is 4.92 Å². The number of rotatable bonds is 8. The summed E-state index contributed by atoms with van der Waals surface area (Å²) in [7, 11) is 2.85. The third-order valence-electron chi connectivity index (χ3n) is 5.59. The molecule has 0 N–H and O–H groups in total. The zero-order chi connectivity index (χ0) is 22.2. The lowest BCUT2D eigenvalue weighted by molar-refractivity contribution is -0.385. The molecule has 0 aromatic heterocycles. The van der Waals surface area contributed by atoms with E-state index in [1.54, 1.807) is 4.90 Å². The maximum Gasteiger partial charge on any atom is 0.286 e. The van der Waals surface area contributed by atoms with Gasteiger partial charge in [-0.05, 0) is 37.9 Å². The van der Waals surface area contributed by atoms with Crippen LogP contribution in [0.25, 0.3) is 0 Å². The molecule has 1 heterocycles. The molecule has 1 fully saturated rings. The van der Waals surface area contributed by atoms with Gasteiger partial charge in [-0.1, -0.05) is 30.3 Å².